The summed E-state index contributed by atoms with van der Waals surface area (Å²) < 4.78 is 17.0. The van der Waals surface area contributed by atoms with Gasteiger partial charge in [-0.05, 0) is 27.7 Å². The van der Waals surface area contributed by atoms with Gasteiger partial charge < -0.3 is 14.2 Å². The Labute approximate surface area is 123 Å². The largest absolute Gasteiger partial charge is 0.462 e. The molecule has 0 radical (unpaired) electrons. The van der Waals surface area contributed by atoms with Crippen molar-refractivity contribution in [2.45, 2.75) is 40.5 Å². The molecule has 21 heavy (non-hydrogen) atoms. The molecule has 0 aliphatic carbocycles. The highest BCUT2D eigenvalue weighted by atomic mass is 16.7. The Morgan fingerprint density at radius 1 is 1.24 bits per heavy atom. The predicted molar refractivity (Wildman–Crippen MR) is 76.2 cm³/mol. The van der Waals surface area contributed by atoms with Crippen LogP contribution in [0.4, 0.5) is 0 Å². The maximum Gasteiger partial charge on any atom is 0.345 e. The van der Waals surface area contributed by atoms with Gasteiger partial charge in [0.1, 0.15) is 11.4 Å². The zero-order chi connectivity index (χ0) is 15.8. The van der Waals surface area contributed by atoms with E-state index in [1.165, 1.54) is 10.8 Å². The van der Waals surface area contributed by atoms with E-state index >= 15 is 0 Å². The van der Waals surface area contributed by atoms with Crippen LogP contribution in [0.3, 0.4) is 0 Å². The van der Waals surface area contributed by atoms with E-state index in [4.69, 9.17) is 14.2 Å². The van der Waals surface area contributed by atoms with E-state index < -0.39 is 17.8 Å². The summed E-state index contributed by atoms with van der Waals surface area (Å²) in [6, 6.07) is 0. The van der Waals surface area contributed by atoms with Crippen LogP contribution in [0.15, 0.2) is 11.0 Å². The normalized spacial score (nSPS) is 10.9. The smallest absolute Gasteiger partial charge is 0.345 e. The number of esters is 1. The monoisotopic (exact) mass is 298 g/mol. The molecule has 1 aromatic rings. The van der Waals surface area contributed by atoms with Gasteiger partial charge in [0.05, 0.1) is 13.2 Å². The van der Waals surface area contributed by atoms with Crippen LogP contribution >= 0.6 is 0 Å². The lowest BCUT2D eigenvalue weighted by Gasteiger charge is -2.19. The van der Waals surface area contributed by atoms with Gasteiger partial charge in [0.25, 0.3) is 5.56 Å². The summed E-state index contributed by atoms with van der Waals surface area (Å²) >= 11 is 0. The van der Waals surface area contributed by atoms with Crippen molar-refractivity contribution in [3.63, 3.8) is 0 Å². The molecule has 0 N–H and O–H groups in total. The summed E-state index contributed by atoms with van der Waals surface area (Å²) in [6.45, 7) is 8.35. The summed E-state index contributed by atoms with van der Waals surface area (Å²) in [5.41, 5.74) is -0.542. The van der Waals surface area contributed by atoms with Crippen molar-refractivity contribution in [3.8, 4) is 0 Å². The lowest BCUT2D eigenvalue weighted by molar-refractivity contribution is -0.144. The molecule has 0 aromatic carbocycles. The summed E-state index contributed by atoms with van der Waals surface area (Å²) in [5.74, 6) is -0.189. The molecule has 0 unspecified atom stereocenters. The minimum absolute atomic E-state index is 0.0887. The fraction of sp³-hybridized carbons (Fsp3) is 0.643. The Morgan fingerprint density at radius 3 is 2.38 bits per heavy atom. The Bertz CT molecular complexity index is 521. The molecular weight excluding hydrogens is 276 g/mol. The quantitative estimate of drug-likeness (QED) is 0.528. The highest BCUT2D eigenvalue weighted by Gasteiger charge is 2.18. The van der Waals surface area contributed by atoms with Crippen LogP contribution in [0.25, 0.3) is 0 Å². The molecule has 118 valence electrons. The molecule has 1 heterocycles. The van der Waals surface area contributed by atoms with Gasteiger partial charge in [0, 0.05) is 19.4 Å². The van der Waals surface area contributed by atoms with E-state index in [-0.39, 0.29) is 18.7 Å². The van der Waals surface area contributed by atoms with Gasteiger partial charge >= 0.3 is 5.97 Å². The molecule has 0 atom stereocenters. The molecule has 0 saturated carbocycles. The molecule has 0 amide bonds. The SMILES string of the molecule is CCOC(=O)c1cnc(C)n(CC(OCC)OCC)c1=O. The fourth-order valence-corrected chi connectivity index (χ4v) is 1.81. The van der Waals surface area contributed by atoms with Crippen LogP contribution < -0.4 is 5.56 Å². The Kier molecular flexibility index (Phi) is 7.04. The minimum Gasteiger partial charge on any atom is -0.462 e. The number of hydrogen-bond donors (Lipinski definition) is 0. The highest BCUT2D eigenvalue weighted by molar-refractivity contribution is 5.88. The second kappa shape index (κ2) is 8.53. The zero-order valence-corrected chi connectivity index (χ0v) is 12.9. The lowest BCUT2D eigenvalue weighted by atomic mass is 10.3. The number of aromatic nitrogens is 2. The topological polar surface area (TPSA) is 79.7 Å². The van der Waals surface area contributed by atoms with Gasteiger partial charge in [-0.1, -0.05) is 0 Å². The number of hydrogen-bond acceptors (Lipinski definition) is 6. The third-order valence-corrected chi connectivity index (χ3v) is 2.78. The minimum atomic E-state index is -0.673. The highest BCUT2D eigenvalue weighted by Crippen LogP contribution is 2.03. The van der Waals surface area contributed by atoms with E-state index in [9.17, 15) is 9.59 Å². The lowest BCUT2D eigenvalue weighted by Crippen LogP contribution is -2.35. The second-order valence-corrected chi connectivity index (χ2v) is 4.20. The first-order valence-electron chi connectivity index (χ1n) is 7.01. The maximum absolute atomic E-state index is 12.4. The summed E-state index contributed by atoms with van der Waals surface area (Å²) in [5, 5.41) is 0. The van der Waals surface area contributed by atoms with Crippen LogP contribution in [-0.4, -0.2) is 41.6 Å². The van der Waals surface area contributed by atoms with Crippen LogP contribution in [0.1, 0.15) is 37.0 Å². The van der Waals surface area contributed by atoms with E-state index in [1.807, 2.05) is 13.8 Å². The van der Waals surface area contributed by atoms with Gasteiger partial charge in [-0.25, -0.2) is 9.78 Å². The Morgan fingerprint density at radius 2 is 1.86 bits per heavy atom. The Balaban J connectivity index is 3.08. The van der Waals surface area contributed by atoms with E-state index in [0.29, 0.717) is 19.0 Å². The van der Waals surface area contributed by atoms with Crippen molar-refractivity contribution in [1.82, 2.24) is 9.55 Å². The van der Waals surface area contributed by atoms with Crippen LogP contribution in [-0.2, 0) is 20.8 Å². The number of ether oxygens (including phenoxy) is 3. The van der Waals surface area contributed by atoms with Gasteiger partial charge in [-0.15, -0.1) is 0 Å². The molecule has 0 saturated heterocycles. The van der Waals surface area contributed by atoms with E-state index in [2.05, 4.69) is 4.98 Å². The summed E-state index contributed by atoms with van der Waals surface area (Å²) in [7, 11) is 0. The van der Waals surface area contributed by atoms with Crippen molar-refractivity contribution in [2.75, 3.05) is 19.8 Å². The van der Waals surface area contributed by atoms with Crippen LogP contribution in [0.2, 0.25) is 0 Å². The van der Waals surface area contributed by atoms with Gasteiger partial charge in [-0.3, -0.25) is 9.36 Å². The molecule has 0 aliphatic rings. The maximum atomic E-state index is 12.4. The number of nitrogens with zero attached hydrogens (tertiary/aromatic N) is 2. The summed E-state index contributed by atoms with van der Waals surface area (Å²) in [6.07, 6.45) is 0.679. The van der Waals surface area contributed by atoms with Crippen molar-refractivity contribution in [3.05, 3.63) is 27.9 Å². The average molecular weight is 298 g/mol. The van der Waals surface area contributed by atoms with Crippen molar-refractivity contribution in [2.24, 2.45) is 0 Å². The number of aryl methyl sites for hydroxylation is 1. The van der Waals surface area contributed by atoms with Gasteiger partial charge in [0.2, 0.25) is 0 Å². The third kappa shape index (κ3) is 4.64. The standard InChI is InChI=1S/C14H22N2O5/c1-5-19-12(20-6-2)9-16-10(4)15-8-11(13(16)17)14(18)21-7-3/h8,12H,5-7,9H2,1-4H3. The van der Waals surface area contributed by atoms with Gasteiger partial charge in [-0.2, -0.15) is 0 Å². The number of carbonyl (C=O) groups excluding carboxylic acids is 1. The van der Waals surface area contributed by atoms with Crippen molar-refractivity contribution in [1.29, 1.82) is 0 Å². The van der Waals surface area contributed by atoms with Crippen molar-refractivity contribution < 1.29 is 19.0 Å². The predicted octanol–water partition coefficient (Wildman–Crippen LogP) is 1.13. The molecule has 7 nitrogen and oxygen atoms in total. The zero-order valence-electron chi connectivity index (χ0n) is 12.9. The molecule has 1 aromatic heterocycles. The van der Waals surface area contributed by atoms with Crippen LogP contribution in [0.5, 0.6) is 0 Å². The van der Waals surface area contributed by atoms with Crippen molar-refractivity contribution >= 4 is 5.97 Å². The van der Waals surface area contributed by atoms with Gasteiger partial charge in [0.15, 0.2) is 6.29 Å². The fourth-order valence-electron chi connectivity index (χ4n) is 1.81. The molecule has 0 bridgehead atoms. The molecule has 0 fully saturated rings. The second-order valence-electron chi connectivity index (χ2n) is 4.20. The summed E-state index contributed by atoms with van der Waals surface area (Å²) in [4.78, 5) is 28.2. The Hall–Kier alpha value is -1.73. The molecular formula is C14H22N2O5. The first kappa shape index (κ1) is 17.3. The first-order valence-corrected chi connectivity index (χ1v) is 7.01. The van der Waals surface area contributed by atoms with E-state index in [0.717, 1.165) is 0 Å². The molecule has 1 rings (SSSR count). The third-order valence-electron chi connectivity index (χ3n) is 2.78. The number of rotatable bonds is 8. The number of carbonyl (C=O) groups is 1. The molecule has 7 heteroatoms. The molecule has 0 aliphatic heterocycles. The average Bonchev–Trinajstić information content (AvgIpc) is 2.44. The first-order chi connectivity index (χ1) is 10.0. The van der Waals surface area contributed by atoms with Crippen LogP contribution in [0, 0.1) is 6.92 Å². The molecule has 0 spiro atoms. The van der Waals surface area contributed by atoms with E-state index in [1.54, 1.807) is 13.8 Å².